The zero-order valence-corrected chi connectivity index (χ0v) is 10.8. The van der Waals surface area contributed by atoms with E-state index in [9.17, 15) is 9.59 Å². The van der Waals surface area contributed by atoms with Crippen LogP contribution in [0.1, 0.15) is 18.4 Å². The Morgan fingerprint density at radius 2 is 2.26 bits per heavy atom. The topological polar surface area (TPSA) is 93.4 Å². The molecule has 19 heavy (non-hydrogen) atoms. The minimum Gasteiger partial charge on any atom is -0.469 e. The molecule has 0 radical (unpaired) electrons. The summed E-state index contributed by atoms with van der Waals surface area (Å²) in [6.07, 6.45) is 1.47. The van der Waals surface area contributed by atoms with Crippen molar-refractivity contribution in [2.45, 2.75) is 19.3 Å². The number of benzene rings is 1. The molecular formula is C13H17N3O3. The monoisotopic (exact) mass is 263 g/mol. The van der Waals surface area contributed by atoms with Gasteiger partial charge in [-0.05, 0) is 24.1 Å². The fourth-order valence-electron chi connectivity index (χ4n) is 2.00. The van der Waals surface area contributed by atoms with Crippen LogP contribution < -0.4 is 16.4 Å². The molecule has 6 nitrogen and oxygen atoms in total. The normalized spacial score (nSPS) is 13.4. The number of aryl methyl sites for hydroxylation is 1. The van der Waals surface area contributed by atoms with Gasteiger partial charge in [0.15, 0.2) is 0 Å². The third-order valence-electron chi connectivity index (χ3n) is 3.04. The molecule has 1 aromatic carbocycles. The van der Waals surface area contributed by atoms with Crippen LogP contribution >= 0.6 is 0 Å². The number of carbonyl (C=O) groups excluding carboxylic acids is 2. The second kappa shape index (κ2) is 5.60. The van der Waals surface area contributed by atoms with Crippen LogP contribution in [0.3, 0.4) is 0 Å². The van der Waals surface area contributed by atoms with Gasteiger partial charge in [-0.1, -0.05) is 0 Å². The van der Waals surface area contributed by atoms with Crippen molar-refractivity contribution in [2.24, 2.45) is 0 Å². The fraction of sp³-hybridized carbons (Fsp3) is 0.385. The van der Waals surface area contributed by atoms with Gasteiger partial charge in [0, 0.05) is 18.7 Å². The van der Waals surface area contributed by atoms with Gasteiger partial charge in [-0.25, -0.2) is 0 Å². The minimum absolute atomic E-state index is 0.0123. The lowest BCUT2D eigenvalue weighted by atomic mass is 10.0. The van der Waals surface area contributed by atoms with Crippen LogP contribution in [-0.2, 0) is 20.7 Å². The second-order valence-electron chi connectivity index (χ2n) is 4.40. The molecule has 4 N–H and O–H groups in total. The van der Waals surface area contributed by atoms with Gasteiger partial charge in [-0.15, -0.1) is 0 Å². The first-order valence-electron chi connectivity index (χ1n) is 6.13. The Bertz CT molecular complexity index is 514. The zero-order chi connectivity index (χ0) is 13.8. The van der Waals surface area contributed by atoms with Crippen molar-refractivity contribution in [2.75, 3.05) is 30.0 Å². The Morgan fingerprint density at radius 1 is 1.47 bits per heavy atom. The molecule has 0 atom stereocenters. The van der Waals surface area contributed by atoms with Gasteiger partial charge in [0.05, 0.1) is 24.9 Å². The molecule has 0 unspecified atom stereocenters. The smallest absolute Gasteiger partial charge is 0.307 e. The van der Waals surface area contributed by atoms with E-state index in [1.165, 1.54) is 7.11 Å². The van der Waals surface area contributed by atoms with Gasteiger partial charge in [-0.2, -0.15) is 0 Å². The summed E-state index contributed by atoms with van der Waals surface area (Å²) in [6, 6.07) is 3.66. The van der Waals surface area contributed by atoms with Crippen molar-refractivity contribution in [1.82, 2.24) is 0 Å². The van der Waals surface area contributed by atoms with E-state index in [1.807, 2.05) is 6.07 Å². The molecule has 102 valence electrons. The van der Waals surface area contributed by atoms with Gasteiger partial charge >= 0.3 is 5.97 Å². The Hall–Kier alpha value is -2.24. The lowest BCUT2D eigenvalue weighted by Crippen LogP contribution is -2.19. The highest BCUT2D eigenvalue weighted by Crippen LogP contribution is 2.30. The van der Waals surface area contributed by atoms with Gasteiger partial charge in [-0.3, -0.25) is 9.59 Å². The fourth-order valence-corrected chi connectivity index (χ4v) is 2.00. The molecule has 0 aromatic heterocycles. The van der Waals surface area contributed by atoms with E-state index in [0.717, 1.165) is 16.9 Å². The van der Waals surface area contributed by atoms with Crippen LogP contribution in [0, 0.1) is 0 Å². The molecule has 2 rings (SSSR count). The lowest BCUT2D eigenvalue weighted by molar-refractivity contribution is -0.140. The summed E-state index contributed by atoms with van der Waals surface area (Å²) in [4.78, 5) is 22.3. The number of amides is 1. The average molecular weight is 263 g/mol. The van der Waals surface area contributed by atoms with E-state index in [4.69, 9.17) is 5.73 Å². The maximum atomic E-state index is 11.3. The average Bonchev–Trinajstić information content (AvgIpc) is 2.39. The summed E-state index contributed by atoms with van der Waals surface area (Å²) < 4.78 is 4.56. The van der Waals surface area contributed by atoms with E-state index < -0.39 is 0 Å². The highest BCUT2D eigenvalue weighted by Gasteiger charge is 2.16. The molecule has 0 aliphatic carbocycles. The summed E-state index contributed by atoms with van der Waals surface area (Å²) in [5, 5.41) is 5.89. The summed E-state index contributed by atoms with van der Waals surface area (Å²) in [6.45, 7) is 0.460. The standard InChI is InChI=1S/C13H17N3O3/c1-19-13(18)4-5-15-11-6-8-2-3-12(17)16-10(8)7-9(11)14/h6-7,15H,2-5,14H2,1H3,(H,16,17). The van der Waals surface area contributed by atoms with Crippen molar-refractivity contribution in [3.05, 3.63) is 17.7 Å². The van der Waals surface area contributed by atoms with Crippen molar-refractivity contribution in [3.8, 4) is 0 Å². The number of carbonyl (C=O) groups is 2. The predicted molar refractivity (Wildman–Crippen MR) is 72.9 cm³/mol. The Morgan fingerprint density at radius 3 is 3.00 bits per heavy atom. The van der Waals surface area contributed by atoms with Crippen molar-refractivity contribution >= 4 is 28.9 Å². The zero-order valence-electron chi connectivity index (χ0n) is 10.8. The predicted octanol–water partition coefficient (Wildman–Crippen LogP) is 1.13. The molecule has 0 fully saturated rings. The summed E-state index contributed by atoms with van der Waals surface area (Å²) in [5.74, 6) is -0.255. The number of hydrogen-bond donors (Lipinski definition) is 3. The summed E-state index contributed by atoms with van der Waals surface area (Å²) >= 11 is 0. The van der Waals surface area contributed by atoms with Gasteiger partial charge in [0.1, 0.15) is 0 Å². The second-order valence-corrected chi connectivity index (χ2v) is 4.40. The molecule has 0 saturated heterocycles. The number of fused-ring (bicyclic) bond motifs is 1. The lowest BCUT2D eigenvalue weighted by Gasteiger charge is -2.19. The molecule has 1 heterocycles. The van der Waals surface area contributed by atoms with E-state index >= 15 is 0 Å². The van der Waals surface area contributed by atoms with Crippen LogP contribution in [0.25, 0.3) is 0 Å². The SMILES string of the molecule is COC(=O)CCNc1cc2c(cc1N)NC(=O)CC2. The maximum Gasteiger partial charge on any atom is 0.307 e. The molecular weight excluding hydrogens is 246 g/mol. The number of nitrogen functional groups attached to an aromatic ring is 1. The van der Waals surface area contributed by atoms with Crippen LogP contribution in [-0.4, -0.2) is 25.5 Å². The third kappa shape index (κ3) is 3.15. The van der Waals surface area contributed by atoms with Crippen LogP contribution in [0.2, 0.25) is 0 Å². The van der Waals surface area contributed by atoms with Crippen molar-refractivity contribution in [1.29, 1.82) is 0 Å². The van der Waals surface area contributed by atoms with E-state index in [1.54, 1.807) is 6.07 Å². The molecule has 1 aliphatic rings. The first-order valence-corrected chi connectivity index (χ1v) is 6.13. The first-order chi connectivity index (χ1) is 9.10. The van der Waals surface area contributed by atoms with Crippen molar-refractivity contribution in [3.63, 3.8) is 0 Å². The third-order valence-corrected chi connectivity index (χ3v) is 3.04. The van der Waals surface area contributed by atoms with E-state index in [2.05, 4.69) is 15.4 Å². The molecule has 1 aromatic rings. The Kier molecular flexibility index (Phi) is 3.89. The number of rotatable bonds is 4. The molecule has 1 aliphatic heterocycles. The number of nitrogens with two attached hydrogens (primary N) is 1. The minimum atomic E-state index is -0.267. The summed E-state index contributed by atoms with van der Waals surface area (Å²) in [7, 11) is 1.36. The molecule has 0 spiro atoms. The largest absolute Gasteiger partial charge is 0.469 e. The highest BCUT2D eigenvalue weighted by molar-refractivity contribution is 5.95. The van der Waals surface area contributed by atoms with Crippen LogP contribution in [0.15, 0.2) is 12.1 Å². The van der Waals surface area contributed by atoms with Crippen LogP contribution in [0.5, 0.6) is 0 Å². The van der Waals surface area contributed by atoms with Gasteiger partial charge in [0.2, 0.25) is 5.91 Å². The summed E-state index contributed by atoms with van der Waals surface area (Å²) in [5.41, 5.74) is 9.05. The number of anilines is 3. The van der Waals surface area contributed by atoms with Gasteiger partial charge in [0.25, 0.3) is 0 Å². The number of methoxy groups -OCH3 is 1. The molecule has 0 bridgehead atoms. The Labute approximate surface area is 111 Å². The van der Waals surface area contributed by atoms with Crippen LogP contribution in [0.4, 0.5) is 17.1 Å². The quantitative estimate of drug-likeness (QED) is 0.559. The van der Waals surface area contributed by atoms with E-state index in [0.29, 0.717) is 25.1 Å². The Balaban J connectivity index is 2.06. The highest BCUT2D eigenvalue weighted by atomic mass is 16.5. The number of hydrogen-bond acceptors (Lipinski definition) is 5. The molecule has 6 heteroatoms. The molecule has 0 saturated carbocycles. The first kappa shape index (κ1) is 13.2. The van der Waals surface area contributed by atoms with Crippen molar-refractivity contribution < 1.29 is 14.3 Å². The number of esters is 1. The molecule has 1 amide bonds. The number of ether oxygens (including phenoxy) is 1. The number of nitrogens with one attached hydrogen (secondary N) is 2. The van der Waals surface area contributed by atoms with E-state index in [-0.39, 0.29) is 18.3 Å². The maximum absolute atomic E-state index is 11.3. The van der Waals surface area contributed by atoms with Gasteiger partial charge < -0.3 is 21.1 Å².